The molecule has 2 aromatic carbocycles. The molecule has 0 saturated carbocycles. The molecule has 0 bridgehead atoms. The molecule has 4 atom stereocenters. The van der Waals surface area contributed by atoms with E-state index in [0.717, 1.165) is 36.1 Å². The zero-order valence-corrected chi connectivity index (χ0v) is 21.9. The number of likely N-dealkylation sites (tertiary alicyclic amines) is 1. The number of benzene rings is 2. The van der Waals surface area contributed by atoms with Gasteiger partial charge in [-0.3, -0.25) is 14.5 Å². The number of aliphatic hydroxyl groups excluding tert-OH is 1. The van der Waals surface area contributed by atoms with Crippen molar-refractivity contribution in [1.82, 2.24) is 14.7 Å². The maximum absolute atomic E-state index is 13.9. The maximum atomic E-state index is 13.9. The number of likely N-dealkylation sites (N-methyl/N-ethyl adjacent to an activating group) is 2. The Morgan fingerprint density at radius 1 is 1.14 bits per heavy atom. The van der Waals surface area contributed by atoms with E-state index in [0.29, 0.717) is 25.3 Å². The van der Waals surface area contributed by atoms with Crippen molar-refractivity contribution in [3.63, 3.8) is 0 Å². The summed E-state index contributed by atoms with van der Waals surface area (Å²) in [7, 11) is 3.85. The van der Waals surface area contributed by atoms with Gasteiger partial charge in [-0.2, -0.15) is 0 Å². The van der Waals surface area contributed by atoms with E-state index in [1.165, 1.54) is 0 Å². The van der Waals surface area contributed by atoms with Crippen LogP contribution in [0.5, 0.6) is 0 Å². The lowest BCUT2D eigenvalue weighted by Gasteiger charge is -2.35. The Kier molecular flexibility index (Phi) is 8.44. The number of fused-ring (bicyclic) bond motifs is 3. The van der Waals surface area contributed by atoms with Crippen molar-refractivity contribution in [1.29, 1.82) is 0 Å². The number of hydrogen-bond acceptors (Lipinski definition) is 5. The fourth-order valence-electron chi connectivity index (χ4n) is 5.39. The number of amides is 2. The fraction of sp³-hybridized carbons (Fsp3) is 0.517. The SMILES string of the molecule is C[C@@H]1CN([C@@H](C)CO)C(=O)c2ccccc2-c2ccccc2CO[C@H]1CN(C)C(=O)[C@@H]1CCCN1C. The lowest BCUT2D eigenvalue weighted by atomic mass is 9.94. The Morgan fingerprint density at radius 2 is 1.81 bits per heavy atom. The van der Waals surface area contributed by atoms with E-state index in [1.54, 1.807) is 9.80 Å². The van der Waals surface area contributed by atoms with Crippen molar-refractivity contribution >= 4 is 11.8 Å². The first-order valence-electron chi connectivity index (χ1n) is 13.0. The molecule has 7 heteroatoms. The van der Waals surface area contributed by atoms with Gasteiger partial charge in [0.25, 0.3) is 5.91 Å². The zero-order valence-electron chi connectivity index (χ0n) is 21.9. The second-order valence-corrected chi connectivity index (χ2v) is 10.4. The molecular formula is C29H39N3O4. The highest BCUT2D eigenvalue weighted by Gasteiger charge is 2.34. The molecule has 0 aliphatic carbocycles. The van der Waals surface area contributed by atoms with Crippen LogP contribution in [0.25, 0.3) is 11.1 Å². The summed E-state index contributed by atoms with van der Waals surface area (Å²) in [5.41, 5.74) is 3.44. The van der Waals surface area contributed by atoms with Crippen LogP contribution >= 0.6 is 0 Å². The smallest absolute Gasteiger partial charge is 0.254 e. The lowest BCUT2D eigenvalue weighted by Crippen LogP contribution is -2.49. The zero-order chi connectivity index (χ0) is 25.8. The van der Waals surface area contributed by atoms with Gasteiger partial charge >= 0.3 is 0 Å². The van der Waals surface area contributed by atoms with Crippen LogP contribution in [0.3, 0.4) is 0 Å². The van der Waals surface area contributed by atoms with Crippen LogP contribution in [-0.4, -0.2) is 90.1 Å². The highest BCUT2D eigenvalue weighted by Crippen LogP contribution is 2.31. The minimum Gasteiger partial charge on any atom is -0.394 e. The molecule has 2 aliphatic rings. The molecule has 7 nitrogen and oxygen atoms in total. The molecule has 2 amide bonds. The summed E-state index contributed by atoms with van der Waals surface area (Å²) in [5, 5.41) is 9.99. The third-order valence-corrected chi connectivity index (χ3v) is 7.73. The predicted molar refractivity (Wildman–Crippen MR) is 140 cm³/mol. The van der Waals surface area contributed by atoms with E-state index in [4.69, 9.17) is 4.74 Å². The Balaban J connectivity index is 1.68. The topological polar surface area (TPSA) is 73.3 Å². The molecule has 0 aromatic heterocycles. The van der Waals surface area contributed by atoms with Crippen LogP contribution < -0.4 is 0 Å². The highest BCUT2D eigenvalue weighted by atomic mass is 16.5. The molecule has 2 heterocycles. The molecule has 4 rings (SSSR count). The second kappa shape index (κ2) is 11.5. The summed E-state index contributed by atoms with van der Waals surface area (Å²) in [6.45, 7) is 5.97. The van der Waals surface area contributed by atoms with Gasteiger partial charge in [-0.15, -0.1) is 0 Å². The molecule has 1 N–H and O–H groups in total. The summed E-state index contributed by atoms with van der Waals surface area (Å²) >= 11 is 0. The van der Waals surface area contributed by atoms with Gasteiger partial charge in [-0.1, -0.05) is 49.4 Å². The molecule has 1 saturated heterocycles. The highest BCUT2D eigenvalue weighted by molar-refractivity contribution is 6.01. The van der Waals surface area contributed by atoms with E-state index >= 15 is 0 Å². The first-order valence-corrected chi connectivity index (χ1v) is 13.0. The quantitative estimate of drug-likeness (QED) is 0.692. The first kappa shape index (κ1) is 26.3. The Hall–Kier alpha value is -2.74. The van der Waals surface area contributed by atoms with Crippen LogP contribution in [-0.2, 0) is 16.1 Å². The molecule has 0 unspecified atom stereocenters. The third kappa shape index (κ3) is 5.48. The summed E-state index contributed by atoms with van der Waals surface area (Å²) < 4.78 is 6.53. The fourth-order valence-corrected chi connectivity index (χ4v) is 5.39. The van der Waals surface area contributed by atoms with Crippen molar-refractivity contribution in [3.8, 4) is 11.1 Å². The molecule has 0 spiro atoms. The summed E-state index contributed by atoms with van der Waals surface area (Å²) in [5.74, 6) is -0.0482. The van der Waals surface area contributed by atoms with Crippen LogP contribution in [0, 0.1) is 5.92 Å². The largest absolute Gasteiger partial charge is 0.394 e. The van der Waals surface area contributed by atoms with Gasteiger partial charge in [0, 0.05) is 31.6 Å². The molecule has 1 fully saturated rings. The van der Waals surface area contributed by atoms with E-state index < -0.39 is 0 Å². The van der Waals surface area contributed by atoms with Crippen LogP contribution in [0.2, 0.25) is 0 Å². The van der Waals surface area contributed by atoms with Gasteiger partial charge in [-0.05, 0) is 56.1 Å². The van der Waals surface area contributed by atoms with Crippen molar-refractivity contribution < 1.29 is 19.4 Å². The van der Waals surface area contributed by atoms with E-state index in [1.807, 2.05) is 69.6 Å². The number of nitrogens with zero attached hydrogens (tertiary/aromatic N) is 3. The number of carbonyl (C=O) groups is 2. The summed E-state index contributed by atoms with van der Waals surface area (Å²) in [6, 6.07) is 15.2. The second-order valence-electron chi connectivity index (χ2n) is 10.4. The monoisotopic (exact) mass is 493 g/mol. The molecule has 194 valence electrons. The van der Waals surface area contributed by atoms with Gasteiger partial charge in [0.15, 0.2) is 0 Å². The van der Waals surface area contributed by atoms with Crippen molar-refractivity contribution in [2.45, 2.75) is 51.5 Å². The minimum absolute atomic E-state index is 0.0584. The van der Waals surface area contributed by atoms with E-state index in [-0.39, 0.29) is 42.5 Å². The van der Waals surface area contributed by atoms with Crippen molar-refractivity contribution in [2.24, 2.45) is 5.92 Å². The van der Waals surface area contributed by atoms with Crippen molar-refractivity contribution in [3.05, 3.63) is 59.7 Å². The molecule has 2 aliphatic heterocycles. The average molecular weight is 494 g/mol. The van der Waals surface area contributed by atoms with Gasteiger partial charge in [-0.25, -0.2) is 0 Å². The number of ether oxygens (including phenoxy) is 1. The van der Waals surface area contributed by atoms with Gasteiger partial charge < -0.3 is 19.6 Å². The number of hydrogen-bond donors (Lipinski definition) is 1. The first-order chi connectivity index (χ1) is 17.3. The predicted octanol–water partition coefficient (Wildman–Crippen LogP) is 3.26. The number of aliphatic hydroxyl groups is 1. The molecule has 0 radical (unpaired) electrons. The maximum Gasteiger partial charge on any atom is 0.254 e. The number of carbonyl (C=O) groups excluding carboxylic acids is 2. The average Bonchev–Trinajstić information content (AvgIpc) is 3.33. The Bertz CT molecular complexity index is 1070. The van der Waals surface area contributed by atoms with E-state index in [2.05, 4.69) is 11.8 Å². The van der Waals surface area contributed by atoms with E-state index in [9.17, 15) is 14.7 Å². The minimum atomic E-state index is -0.351. The van der Waals surface area contributed by atoms with Gasteiger partial charge in [0.1, 0.15) is 0 Å². The third-order valence-electron chi connectivity index (χ3n) is 7.73. The lowest BCUT2D eigenvalue weighted by molar-refractivity contribution is -0.137. The normalized spacial score (nSPS) is 24.0. The van der Waals surface area contributed by atoms with Crippen LogP contribution in [0.4, 0.5) is 0 Å². The number of rotatable bonds is 5. The molecule has 36 heavy (non-hydrogen) atoms. The standard InChI is InChI=1S/C29H39N3O4/c1-20-16-32(21(2)18-33)28(34)25-13-8-7-12-24(25)23-11-6-5-10-22(23)19-36-27(20)17-31(4)29(35)26-14-9-15-30(26)3/h5-8,10-13,20-21,26-27,33H,9,14-19H2,1-4H3/t20-,21+,26+,27+/m1/s1. The van der Waals surface area contributed by atoms with Crippen LogP contribution in [0.1, 0.15) is 42.6 Å². The van der Waals surface area contributed by atoms with Crippen molar-refractivity contribution in [2.75, 3.05) is 40.3 Å². The Labute approximate surface area is 214 Å². The molecular weight excluding hydrogens is 454 g/mol. The molecule has 2 aromatic rings. The summed E-state index contributed by atoms with van der Waals surface area (Å²) in [6.07, 6.45) is 1.63. The van der Waals surface area contributed by atoms with Gasteiger partial charge in [0.2, 0.25) is 5.91 Å². The summed E-state index contributed by atoms with van der Waals surface area (Å²) in [4.78, 5) is 32.8. The Morgan fingerprint density at radius 3 is 2.47 bits per heavy atom. The van der Waals surface area contributed by atoms with Gasteiger partial charge in [0.05, 0.1) is 31.4 Å². The van der Waals surface area contributed by atoms with Crippen LogP contribution in [0.15, 0.2) is 48.5 Å².